The molecule has 0 aliphatic carbocycles. The third-order valence-corrected chi connectivity index (χ3v) is 7.25. The van der Waals surface area contributed by atoms with E-state index < -0.39 is 24.3 Å². The number of carbonyl (C=O) groups excluding carboxylic acids is 1. The van der Waals surface area contributed by atoms with Crippen molar-refractivity contribution in [1.29, 1.82) is 0 Å². The number of aromatic nitrogens is 2. The van der Waals surface area contributed by atoms with E-state index in [9.17, 15) is 24.6 Å². The molecule has 222 valence electrons. The second-order valence-corrected chi connectivity index (χ2v) is 10.1. The van der Waals surface area contributed by atoms with Gasteiger partial charge >= 0.3 is 11.9 Å². The van der Waals surface area contributed by atoms with Crippen LogP contribution in [0.2, 0.25) is 0 Å². The highest BCUT2D eigenvalue weighted by Gasteiger charge is 2.26. The van der Waals surface area contributed by atoms with Crippen molar-refractivity contribution in [3.8, 4) is 17.2 Å². The zero-order valence-corrected chi connectivity index (χ0v) is 24.2. The highest BCUT2D eigenvalue weighted by molar-refractivity contribution is 7.00. The molecule has 0 saturated heterocycles. The Morgan fingerprint density at radius 2 is 1.48 bits per heavy atom. The highest BCUT2D eigenvalue weighted by atomic mass is 32.1. The lowest BCUT2D eigenvalue weighted by Crippen LogP contribution is -2.15. The Morgan fingerprint density at radius 1 is 0.773 bits per heavy atom. The Morgan fingerprint density at radius 3 is 2.18 bits per heavy atom. The average Bonchev–Trinajstić information content (AvgIpc) is 3.51. The van der Waals surface area contributed by atoms with Crippen molar-refractivity contribution in [1.82, 2.24) is 8.75 Å². The van der Waals surface area contributed by atoms with Gasteiger partial charge in [-0.25, -0.2) is 9.59 Å². The van der Waals surface area contributed by atoms with Gasteiger partial charge in [-0.1, -0.05) is 42.5 Å². The Labute approximate surface area is 256 Å². The number of allylic oxidation sites excluding steroid dienone is 1. The van der Waals surface area contributed by atoms with E-state index in [2.05, 4.69) is 8.75 Å². The number of ether oxygens (including phenoxy) is 3. The van der Waals surface area contributed by atoms with Crippen molar-refractivity contribution in [3.63, 3.8) is 0 Å². The molecule has 0 radical (unpaired) electrons. The van der Waals surface area contributed by atoms with E-state index in [0.717, 1.165) is 17.3 Å². The number of benzene rings is 4. The second-order valence-electron chi connectivity index (χ2n) is 9.59. The molecule has 0 amide bonds. The summed E-state index contributed by atoms with van der Waals surface area (Å²) in [6, 6.07) is 25.6. The van der Waals surface area contributed by atoms with Crippen LogP contribution in [-0.2, 0) is 22.6 Å². The monoisotopic (exact) mass is 610 g/mol. The molecule has 10 nitrogen and oxygen atoms in total. The zero-order chi connectivity index (χ0) is 31.1. The molecule has 44 heavy (non-hydrogen) atoms. The first-order valence-electron chi connectivity index (χ1n) is 13.3. The van der Waals surface area contributed by atoms with Crippen LogP contribution in [0.3, 0.4) is 0 Å². The summed E-state index contributed by atoms with van der Waals surface area (Å²) >= 11 is 0.994. The van der Waals surface area contributed by atoms with Gasteiger partial charge in [0.15, 0.2) is 12.4 Å². The molecule has 1 heterocycles. The maximum atomic E-state index is 14.1. The maximum absolute atomic E-state index is 14.1. The normalized spacial score (nSPS) is 11.5. The van der Waals surface area contributed by atoms with Crippen LogP contribution in [0.1, 0.15) is 27.0 Å². The van der Waals surface area contributed by atoms with Crippen LogP contribution in [-0.4, -0.2) is 50.4 Å². The topological polar surface area (TPSA) is 145 Å². The first-order valence-corrected chi connectivity index (χ1v) is 14.1. The molecular formula is C33H26N2O8S. The van der Waals surface area contributed by atoms with Gasteiger partial charge in [-0.15, -0.1) is 0 Å². The van der Waals surface area contributed by atoms with Crippen LogP contribution >= 0.6 is 11.7 Å². The number of nitrogens with zero attached hydrogens (tertiary/aromatic N) is 2. The number of rotatable bonds is 13. The lowest BCUT2D eigenvalue weighted by atomic mass is 9.89. The smallest absolute Gasteiger partial charge is 0.341 e. The van der Waals surface area contributed by atoms with E-state index >= 15 is 0 Å². The highest BCUT2D eigenvalue weighted by Crippen LogP contribution is 2.32. The number of carboxylic acid groups (broad SMARTS) is 2. The average molecular weight is 611 g/mol. The predicted octanol–water partition coefficient (Wildman–Crippen LogP) is 5.71. The molecule has 0 bridgehead atoms. The molecule has 0 fully saturated rings. The first kappa shape index (κ1) is 29.9. The van der Waals surface area contributed by atoms with Crippen molar-refractivity contribution in [2.24, 2.45) is 0 Å². The Hall–Kier alpha value is -5.55. The summed E-state index contributed by atoms with van der Waals surface area (Å²) in [6.45, 7) is -0.302. The summed E-state index contributed by atoms with van der Waals surface area (Å²) in [4.78, 5) is 38.2. The van der Waals surface area contributed by atoms with Crippen molar-refractivity contribution in [2.45, 2.75) is 13.0 Å². The zero-order valence-electron chi connectivity index (χ0n) is 23.4. The molecule has 5 aromatic rings. The molecule has 0 unspecified atom stereocenters. The van der Waals surface area contributed by atoms with Gasteiger partial charge in [0.05, 0.1) is 24.4 Å². The van der Waals surface area contributed by atoms with E-state index in [1.165, 1.54) is 13.2 Å². The van der Waals surface area contributed by atoms with E-state index in [0.29, 0.717) is 34.7 Å². The van der Waals surface area contributed by atoms with Gasteiger partial charge in [0, 0.05) is 23.6 Å². The van der Waals surface area contributed by atoms with Crippen molar-refractivity contribution in [2.75, 3.05) is 13.7 Å². The number of hydrogen-bond acceptors (Lipinski definition) is 9. The number of hydrogen-bond donors (Lipinski definition) is 2. The fraction of sp³-hybridized carbons (Fsp3) is 0.121. The molecular weight excluding hydrogens is 584 g/mol. The lowest BCUT2D eigenvalue weighted by molar-refractivity contribution is -0.139. The van der Waals surface area contributed by atoms with Crippen molar-refractivity contribution >= 4 is 46.1 Å². The van der Waals surface area contributed by atoms with Crippen LogP contribution in [0, 0.1) is 0 Å². The van der Waals surface area contributed by atoms with Gasteiger partial charge in [0.1, 0.15) is 34.9 Å². The molecule has 4 aromatic carbocycles. The number of carbonyl (C=O) groups is 3. The van der Waals surface area contributed by atoms with Gasteiger partial charge in [-0.3, -0.25) is 4.79 Å². The number of fused-ring (bicyclic) bond motifs is 1. The fourth-order valence-electron chi connectivity index (χ4n) is 4.54. The molecule has 11 heteroatoms. The molecule has 2 N–H and O–H groups in total. The van der Waals surface area contributed by atoms with Crippen LogP contribution in [0.5, 0.6) is 17.2 Å². The first-order chi connectivity index (χ1) is 21.3. The van der Waals surface area contributed by atoms with Crippen LogP contribution in [0.25, 0.3) is 16.6 Å². The number of methoxy groups -OCH3 is 1. The summed E-state index contributed by atoms with van der Waals surface area (Å²) < 4.78 is 25.0. The molecule has 0 atom stereocenters. The minimum absolute atomic E-state index is 0.0386. The Balaban J connectivity index is 1.56. The quantitative estimate of drug-likeness (QED) is 0.126. The predicted molar refractivity (Wildman–Crippen MR) is 163 cm³/mol. The SMILES string of the molecule is COc1ccc(CC(C(=O)c2ccc(OCc3ccccc3)cc2)=C(C(=O)O)c2ccc3nsnc3c2)c(OCC(=O)O)c1. The number of Topliss-reactive ketones (excluding diaryl/α,β-unsaturated/α-hetero) is 1. The second kappa shape index (κ2) is 13.6. The van der Waals surface area contributed by atoms with E-state index in [1.807, 2.05) is 30.3 Å². The van der Waals surface area contributed by atoms with Gasteiger partial charge in [0.2, 0.25) is 0 Å². The number of aliphatic carboxylic acids is 2. The van der Waals surface area contributed by atoms with Crippen LogP contribution < -0.4 is 14.2 Å². The van der Waals surface area contributed by atoms with E-state index in [-0.39, 0.29) is 34.4 Å². The van der Waals surface area contributed by atoms with E-state index in [1.54, 1.807) is 54.6 Å². The molecule has 0 spiro atoms. The minimum Gasteiger partial charge on any atom is -0.497 e. The molecule has 0 saturated carbocycles. The molecule has 0 aliphatic rings. The minimum atomic E-state index is -1.32. The van der Waals surface area contributed by atoms with Crippen molar-refractivity contribution in [3.05, 3.63) is 119 Å². The summed E-state index contributed by atoms with van der Waals surface area (Å²) in [5.41, 5.74) is 2.71. The Kier molecular flexibility index (Phi) is 9.26. The summed E-state index contributed by atoms with van der Waals surface area (Å²) in [6.07, 6.45) is -0.182. The van der Waals surface area contributed by atoms with Gasteiger partial charge in [-0.05, 0) is 59.2 Å². The van der Waals surface area contributed by atoms with Crippen LogP contribution in [0.4, 0.5) is 0 Å². The van der Waals surface area contributed by atoms with Crippen molar-refractivity contribution < 1.29 is 38.8 Å². The third kappa shape index (κ3) is 7.08. The fourth-order valence-corrected chi connectivity index (χ4v) is 5.05. The standard InChI is InChI=1S/C33H26N2O8S/c1-41-25-13-9-22(29(17-25)43-19-30(36)37)15-26(31(33(39)40)23-10-14-27-28(16-23)35-44-34-27)32(38)21-7-11-24(12-8-21)42-18-20-5-3-2-4-6-20/h2-14,16-17H,15,18-19H2,1H3,(H,36,37)(H,39,40). The van der Waals surface area contributed by atoms with E-state index in [4.69, 9.17) is 14.2 Å². The molecule has 5 rings (SSSR count). The summed E-state index contributed by atoms with van der Waals surface area (Å²) in [5, 5.41) is 19.6. The Bertz CT molecular complexity index is 1850. The van der Waals surface area contributed by atoms with Gasteiger partial charge < -0.3 is 24.4 Å². The molecule has 1 aromatic heterocycles. The number of carboxylic acids is 2. The van der Waals surface area contributed by atoms with Gasteiger partial charge in [-0.2, -0.15) is 8.75 Å². The third-order valence-electron chi connectivity index (χ3n) is 6.69. The summed E-state index contributed by atoms with van der Waals surface area (Å²) in [7, 11) is 1.45. The van der Waals surface area contributed by atoms with Gasteiger partial charge in [0.25, 0.3) is 0 Å². The molecule has 0 aliphatic heterocycles. The van der Waals surface area contributed by atoms with Crippen LogP contribution in [0.15, 0.2) is 96.6 Å². The lowest BCUT2D eigenvalue weighted by Gasteiger charge is -2.16. The number of ketones is 1. The maximum Gasteiger partial charge on any atom is 0.341 e. The largest absolute Gasteiger partial charge is 0.497 e. The summed E-state index contributed by atoms with van der Waals surface area (Å²) in [5.74, 6) is -1.97.